The summed E-state index contributed by atoms with van der Waals surface area (Å²) in [5.74, 6) is 0.265. The van der Waals surface area contributed by atoms with Gasteiger partial charge in [0, 0.05) is 35.6 Å². The molecule has 0 amide bonds. The smallest absolute Gasteiger partial charge is 0.333 e. The molecule has 6 rings (SSSR count). The highest BCUT2D eigenvalue weighted by Gasteiger charge is 2.49. The molecule has 11 heteroatoms. The van der Waals surface area contributed by atoms with Gasteiger partial charge in [-0.2, -0.15) is 26.3 Å². The summed E-state index contributed by atoms with van der Waals surface area (Å²) in [5.41, 5.74) is 5.33. The minimum absolute atomic E-state index is 0.0148. The maximum atomic E-state index is 13.5. The number of aliphatic imine (C=N–C) groups is 2. The first kappa shape index (κ1) is 42.3. The number of aryl methyl sites for hydroxylation is 1. The van der Waals surface area contributed by atoms with Crippen LogP contribution in [0.5, 0.6) is 0 Å². The molecule has 2 N–H and O–H groups in total. The average molecular weight is 746 g/mol. The molecule has 5 nitrogen and oxygen atoms in total. The van der Waals surface area contributed by atoms with Crippen molar-refractivity contribution in [2.24, 2.45) is 21.1 Å². The lowest BCUT2D eigenvalue weighted by atomic mass is 9.54. The minimum atomic E-state index is -4.96. The lowest BCUT2D eigenvalue weighted by molar-refractivity contribution is -0.143. The second-order valence-electron chi connectivity index (χ2n) is 14.7. The van der Waals surface area contributed by atoms with Crippen molar-refractivity contribution < 1.29 is 26.3 Å². The van der Waals surface area contributed by atoms with Crippen molar-refractivity contribution in [3.05, 3.63) is 82.7 Å². The SMILES string of the molecule is C=N/C=C1/C(c2ccc(CC)cc2)=CN(C2CCCCC2)C1=Nc1cc(C(F)(F)F)cc(C(F)(F)F)c1.CCCN(CCC)C1CC2(CCC2)C1.CN. The highest BCUT2D eigenvalue weighted by atomic mass is 19.4. The summed E-state index contributed by atoms with van der Waals surface area (Å²) in [7, 11) is 1.50. The van der Waals surface area contributed by atoms with E-state index < -0.39 is 29.2 Å². The van der Waals surface area contributed by atoms with Gasteiger partial charge in [-0.1, -0.05) is 70.7 Å². The first-order valence-electron chi connectivity index (χ1n) is 19.3. The Morgan fingerprint density at radius 2 is 1.42 bits per heavy atom. The summed E-state index contributed by atoms with van der Waals surface area (Å²) in [6.07, 6.45) is 9.25. The Morgan fingerprint density at radius 1 is 0.849 bits per heavy atom. The number of alkyl halides is 6. The highest BCUT2D eigenvalue weighted by Crippen LogP contribution is 2.57. The molecule has 3 saturated carbocycles. The molecule has 1 spiro atoms. The summed E-state index contributed by atoms with van der Waals surface area (Å²) < 4.78 is 80.9. The zero-order valence-corrected chi connectivity index (χ0v) is 31.8. The van der Waals surface area contributed by atoms with Crippen LogP contribution in [0.25, 0.3) is 5.57 Å². The molecule has 1 heterocycles. The predicted octanol–water partition coefficient (Wildman–Crippen LogP) is 11.6. The molecule has 2 aromatic carbocycles. The Balaban J connectivity index is 0.000000325. The van der Waals surface area contributed by atoms with Crippen LogP contribution < -0.4 is 5.73 Å². The molecule has 0 radical (unpaired) electrons. The van der Waals surface area contributed by atoms with Crippen molar-refractivity contribution in [2.75, 3.05) is 20.1 Å². The Bertz CT molecular complexity index is 1530. The van der Waals surface area contributed by atoms with E-state index in [0.717, 1.165) is 66.7 Å². The fourth-order valence-corrected chi connectivity index (χ4v) is 8.11. The van der Waals surface area contributed by atoms with E-state index in [-0.39, 0.29) is 17.9 Å². The molecule has 53 heavy (non-hydrogen) atoms. The van der Waals surface area contributed by atoms with Gasteiger partial charge in [0.2, 0.25) is 0 Å². The molecule has 0 aromatic heterocycles. The van der Waals surface area contributed by atoms with Crippen LogP contribution in [0.1, 0.15) is 120 Å². The van der Waals surface area contributed by atoms with E-state index in [1.54, 1.807) is 0 Å². The van der Waals surface area contributed by atoms with Gasteiger partial charge in [-0.15, -0.1) is 0 Å². The summed E-state index contributed by atoms with van der Waals surface area (Å²) in [6, 6.07) is 10.2. The number of nitrogens with two attached hydrogens (primary N) is 1. The van der Waals surface area contributed by atoms with Crippen LogP contribution in [0.4, 0.5) is 32.0 Å². The van der Waals surface area contributed by atoms with Crippen molar-refractivity contribution in [3.8, 4) is 0 Å². The third kappa shape index (κ3) is 10.6. The van der Waals surface area contributed by atoms with Gasteiger partial charge in [0.25, 0.3) is 0 Å². The van der Waals surface area contributed by atoms with Crippen LogP contribution in [0.2, 0.25) is 0 Å². The van der Waals surface area contributed by atoms with Crippen LogP contribution >= 0.6 is 0 Å². The summed E-state index contributed by atoms with van der Waals surface area (Å²) >= 11 is 0. The highest BCUT2D eigenvalue weighted by molar-refractivity contribution is 6.17. The number of hydrogen-bond acceptors (Lipinski definition) is 4. The van der Waals surface area contributed by atoms with Crippen LogP contribution in [-0.4, -0.2) is 54.6 Å². The molecular formula is C42H57F6N5. The number of nitrogens with zero attached hydrogens (tertiary/aromatic N) is 4. The minimum Gasteiger partial charge on any atom is -0.333 e. The van der Waals surface area contributed by atoms with Gasteiger partial charge in [-0.25, -0.2) is 4.99 Å². The lowest BCUT2D eigenvalue weighted by Crippen LogP contribution is -2.54. The Labute approximate surface area is 312 Å². The van der Waals surface area contributed by atoms with Gasteiger partial charge in [-0.05, 0) is 119 Å². The standard InChI is InChI=1S/C28H27F6N3.C13H25N.CH5N/c1-3-18-9-11-19(12-10-18)25-17-37(23-7-5-4-6-8-23)26(24(25)16-35-2)36-22-14-20(27(29,30)31)13-21(15-22)28(32,33)34;1-3-8-14(9-4-2)12-10-13(11-12)6-5-7-13;1-2/h9-17,23H,2-8H2,1H3;12H,3-11H2,1-2H3;2H2,1H3/b24-16-,36-26?;;. The first-order valence-corrected chi connectivity index (χ1v) is 19.3. The molecule has 2 aromatic rings. The largest absolute Gasteiger partial charge is 0.416 e. The predicted molar refractivity (Wildman–Crippen MR) is 205 cm³/mol. The summed E-state index contributed by atoms with van der Waals surface area (Å²) in [6.45, 7) is 12.8. The molecule has 292 valence electrons. The average Bonchev–Trinajstić information content (AvgIpc) is 3.45. The zero-order valence-electron chi connectivity index (χ0n) is 31.8. The topological polar surface area (TPSA) is 57.2 Å². The summed E-state index contributed by atoms with van der Waals surface area (Å²) in [4.78, 5) is 12.9. The maximum absolute atomic E-state index is 13.5. The van der Waals surface area contributed by atoms with E-state index in [9.17, 15) is 26.3 Å². The van der Waals surface area contributed by atoms with E-state index in [2.05, 4.69) is 41.2 Å². The van der Waals surface area contributed by atoms with Crippen molar-refractivity contribution >= 4 is 23.8 Å². The van der Waals surface area contributed by atoms with Gasteiger partial charge in [0.1, 0.15) is 5.84 Å². The number of benzene rings is 2. The van der Waals surface area contributed by atoms with Gasteiger partial charge in [0.05, 0.1) is 16.8 Å². The van der Waals surface area contributed by atoms with Crippen molar-refractivity contribution in [2.45, 2.75) is 129 Å². The van der Waals surface area contributed by atoms with Crippen LogP contribution in [-0.2, 0) is 18.8 Å². The lowest BCUT2D eigenvalue weighted by Gasteiger charge is -2.57. The van der Waals surface area contributed by atoms with Crippen LogP contribution in [0, 0.1) is 5.41 Å². The van der Waals surface area contributed by atoms with Crippen molar-refractivity contribution in [3.63, 3.8) is 0 Å². The van der Waals surface area contributed by atoms with E-state index in [0.29, 0.717) is 17.7 Å². The number of halogens is 6. The quantitative estimate of drug-likeness (QED) is 0.195. The monoisotopic (exact) mass is 745 g/mol. The first-order chi connectivity index (χ1) is 25.3. The van der Waals surface area contributed by atoms with Gasteiger partial charge in [0.15, 0.2) is 0 Å². The van der Waals surface area contributed by atoms with Crippen molar-refractivity contribution in [1.29, 1.82) is 0 Å². The normalized spacial score (nSPS) is 20.4. The maximum Gasteiger partial charge on any atom is 0.416 e. The molecular weight excluding hydrogens is 688 g/mol. The van der Waals surface area contributed by atoms with Gasteiger partial charge >= 0.3 is 12.4 Å². The van der Waals surface area contributed by atoms with E-state index in [1.165, 1.54) is 71.3 Å². The number of rotatable bonds is 10. The number of amidine groups is 1. The third-order valence-corrected chi connectivity index (χ3v) is 11.0. The second-order valence-corrected chi connectivity index (χ2v) is 14.7. The van der Waals surface area contributed by atoms with Crippen LogP contribution in [0.3, 0.4) is 0 Å². The van der Waals surface area contributed by atoms with Gasteiger partial charge < -0.3 is 15.5 Å². The molecule has 0 atom stereocenters. The zero-order chi connectivity index (χ0) is 38.8. The van der Waals surface area contributed by atoms with Crippen molar-refractivity contribution in [1.82, 2.24) is 9.80 Å². The Kier molecular flexibility index (Phi) is 15.0. The molecule has 0 saturated heterocycles. The van der Waals surface area contributed by atoms with Crippen LogP contribution in [0.15, 0.2) is 70.4 Å². The third-order valence-electron chi connectivity index (χ3n) is 11.0. The fraction of sp³-hybridized carbons (Fsp3) is 0.571. The van der Waals surface area contributed by atoms with E-state index >= 15 is 0 Å². The molecule has 0 bridgehead atoms. The fourth-order valence-electron chi connectivity index (χ4n) is 8.11. The number of hydrogen-bond donors (Lipinski definition) is 1. The summed E-state index contributed by atoms with van der Waals surface area (Å²) in [5, 5.41) is 0. The van der Waals surface area contributed by atoms with Gasteiger partial charge in [-0.3, -0.25) is 4.99 Å². The van der Waals surface area contributed by atoms with E-state index in [4.69, 9.17) is 0 Å². The second kappa shape index (κ2) is 18.7. The molecule has 3 aliphatic carbocycles. The molecule has 0 unspecified atom stereocenters. The van der Waals surface area contributed by atoms with E-state index in [1.807, 2.05) is 42.3 Å². The molecule has 3 fully saturated rings. The Morgan fingerprint density at radius 3 is 1.87 bits per heavy atom. The molecule has 4 aliphatic rings. The molecule has 1 aliphatic heterocycles. The Hall–Kier alpha value is -3.44.